The molecule has 0 spiro atoms. The van der Waals surface area contributed by atoms with Crippen molar-refractivity contribution in [3.05, 3.63) is 69.5 Å². The molecule has 2 heterocycles. The maximum absolute atomic E-state index is 13.1. The summed E-state index contributed by atoms with van der Waals surface area (Å²) in [6.07, 6.45) is 1.78. The summed E-state index contributed by atoms with van der Waals surface area (Å²) in [6.45, 7) is 2.89. The van der Waals surface area contributed by atoms with Crippen molar-refractivity contribution in [3.8, 4) is 0 Å². The third-order valence-corrected chi connectivity index (χ3v) is 7.65. The van der Waals surface area contributed by atoms with Gasteiger partial charge >= 0.3 is 5.63 Å². The number of nitrogens with zero attached hydrogens (tertiary/aromatic N) is 1. The normalized spacial score (nSPS) is 17.5. The smallest absolute Gasteiger partial charge is 0.336 e. The second-order valence-corrected chi connectivity index (χ2v) is 10.0. The number of piperidine rings is 1. The first-order valence-electron chi connectivity index (χ1n) is 9.89. The van der Waals surface area contributed by atoms with Crippen LogP contribution in [0, 0.1) is 5.92 Å². The molecule has 1 fully saturated rings. The van der Waals surface area contributed by atoms with Gasteiger partial charge < -0.3 is 9.73 Å². The van der Waals surface area contributed by atoms with Crippen molar-refractivity contribution in [1.29, 1.82) is 0 Å². The van der Waals surface area contributed by atoms with Crippen LogP contribution in [0.1, 0.15) is 30.1 Å². The zero-order chi connectivity index (χ0) is 22.2. The van der Waals surface area contributed by atoms with E-state index in [4.69, 9.17) is 16.0 Å². The highest BCUT2D eigenvalue weighted by Gasteiger charge is 2.31. The number of amides is 1. The second kappa shape index (κ2) is 8.45. The van der Waals surface area contributed by atoms with Crippen molar-refractivity contribution in [2.24, 2.45) is 5.92 Å². The third-order valence-electron chi connectivity index (χ3n) is 5.31. The molecule has 1 aromatic heterocycles. The van der Waals surface area contributed by atoms with Crippen LogP contribution in [0.3, 0.4) is 0 Å². The van der Waals surface area contributed by atoms with Gasteiger partial charge in [-0.05, 0) is 61.2 Å². The molecule has 31 heavy (non-hydrogen) atoms. The molecule has 1 aliphatic rings. The summed E-state index contributed by atoms with van der Waals surface area (Å²) in [6, 6.07) is 12.0. The Kier molecular flexibility index (Phi) is 5.88. The Morgan fingerprint density at radius 3 is 2.74 bits per heavy atom. The molecule has 1 saturated heterocycles. The average Bonchev–Trinajstić information content (AvgIpc) is 2.74. The van der Waals surface area contributed by atoms with Gasteiger partial charge in [0.2, 0.25) is 10.0 Å². The fourth-order valence-electron chi connectivity index (χ4n) is 3.70. The van der Waals surface area contributed by atoms with Gasteiger partial charge in [-0.2, -0.15) is 4.31 Å². The lowest BCUT2D eigenvalue weighted by Gasteiger charge is -2.30. The lowest BCUT2D eigenvalue weighted by molar-refractivity contribution is 0.102. The Balaban J connectivity index is 1.61. The van der Waals surface area contributed by atoms with Gasteiger partial charge in [-0.3, -0.25) is 4.79 Å². The average molecular weight is 461 g/mol. The predicted molar refractivity (Wildman–Crippen MR) is 119 cm³/mol. The Bertz CT molecular complexity index is 1320. The first-order valence-corrected chi connectivity index (χ1v) is 11.7. The van der Waals surface area contributed by atoms with Gasteiger partial charge in [0.05, 0.1) is 5.02 Å². The monoisotopic (exact) mass is 460 g/mol. The number of hydrogen-bond acceptors (Lipinski definition) is 5. The zero-order valence-corrected chi connectivity index (χ0v) is 18.4. The quantitative estimate of drug-likeness (QED) is 0.591. The van der Waals surface area contributed by atoms with Crippen molar-refractivity contribution in [1.82, 2.24) is 4.31 Å². The Morgan fingerprint density at radius 2 is 1.97 bits per heavy atom. The molecule has 7 nitrogen and oxygen atoms in total. The molecule has 9 heteroatoms. The van der Waals surface area contributed by atoms with Crippen LogP contribution in [-0.4, -0.2) is 31.7 Å². The Hall–Kier alpha value is -2.68. The molecule has 1 N–H and O–H groups in total. The largest absolute Gasteiger partial charge is 0.423 e. The van der Waals surface area contributed by atoms with Crippen molar-refractivity contribution in [2.75, 3.05) is 18.4 Å². The Morgan fingerprint density at radius 1 is 1.16 bits per heavy atom. The minimum atomic E-state index is -3.81. The van der Waals surface area contributed by atoms with E-state index in [9.17, 15) is 18.0 Å². The van der Waals surface area contributed by atoms with Gasteiger partial charge in [-0.15, -0.1) is 0 Å². The number of carbonyl (C=O) groups is 1. The van der Waals surface area contributed by atoms with Crippen molar-refractivity contribution >= 4 is 44.2 Å². The summed E-state index contributed by atoms with van der Waals surface area (Å²) in [5, 5.41) is 3.47. The van der Waals surface area contributed by atoms with E-state index >= 15 is 0 Å². The van der Waals surface area contributed by atoms with Gasteiger partial charge in [0.25, 0.3) is 5.91 Å². The molecule has 2 aromatic carbocycles. The zero-order valence-electron chi connectivity index (χ0n) is 16.8. The van der Waals surface area contributed by atoms with Crippen molar-refractivity contribution < 1.29 is 17.6 Å². The van der Waals surface area contributed by atoms with Gasteiger partial charge in [-0.25, -0.2) is 13.2 Å². The standard InChI is InChI=1S/C22H21ClN2O5S/c1-14-3-2-10-25(13-14)31(28,29)20-12-16(4-7-18(20)23)22(27)24-17-6-8-19-15(11-17)5-9-21(26)30-19/h4-9,11-12,14H,2-3,10,13H2,1H3,(H,24,27). The van der Waals surface area contributed by atoms with Crippen LogP contribution in [-0.2, 0) is 10.0 Å². The van der Waals surface area contributed by atoms with E-state index in [1.807, 2.05) is 6.92 Å². The van der Waals surface area contributed by atoms with Crippen LogP contribution < -0.4 is 10.9 Å². The van der Waals surface area contributed by atoms with Gasteiger partial charge in [0.1, 0.15) is 10.5 Å². The van der Waals surface area contributed by atoms with Gasteiger partial charge in [-0.1, -0.05) is 18.5 Å². The molecule has 162 valence electrons. The number of carbonyl (C=O) groups excluding carboxylic acids is 1. The first-order chi connectivity index (χ1) is 14.7. The summed E-state index contributed by atoms with van der Waals surface area (Å²) in [4.78, 5) is 24.0. The fraction of sp³-hybridized carbons (Fsp3) is 0.273. The van der Waals surface area contributed by atoms with Crippen LogP contribution in [0.4, 0.5) is 5.69 Å². The molecule has 1 amide bonds. The van der Waals surface area contributed by atoms with Crippen LogP contribution in [0.25, 0.3) is 11.0 Å². The van der Waals surface area contributed by atoms with Crippen LogP contribution in [0.2, 0.25) is 5.02 Å². The van der Waals surface area contributed by atoms with E-state index in [0.29, 0.717) is 29.7 Å². The Labute approximate surface area is 184 Å². The lowest BCUT2D eigenvalue weighted by atomic mass is 10.0. The molecule has 0 aliphatic carbocycles. The number of nitrogens with one attached hydrogen (secondary N) is 1. The molecular weight excluding hydrogens is 440 g/mol. The maximum atomic E-state index is 13.1. The summed E-state index contributed by atoms with van der Waals surface area (Å²) in [5.74, 6) is -0.206. The summed E-state index contributed by atoms with van der Waals surface area (Å²) in [5.41, 5.74) is 0.603. The molecule has 1 aliphatic heterocycles. The number of anilines is 1. The van der Waals surface area contributed by atoms with Crippen molar-refractivity contribution in [3.63, 3.8) is 0 Å². The highest BCUT2D eigenvalue weighted by Crippen LogP contribution is 2.29. The highest BCUT2D eigenvalue weighted by molar-refractivity contribution is 7.89. The minimum absolute atomic E-state index is 0.0730. The topological polar surface area (TPSA) is 96.7 Å². The molecule has 1 atom stereocenters. The highest BCUT2D eigenvalue weighted by atomic mass is 35.5. The maximum Gasteiger partial charge on any atom is 0.336 e. The molecule has 0 bridgehead atoms. The second-order valence-electron chi connectivity index (χ2n) is 7.72. The number of rotatable bonds is 4. The van der Waals surface area contributed by atoms with E-state index in [2.05, 4.69) is 5.32 Å². The van der Waals surface area contributed by atoms with E-state index in [1.165, 1.54) is 28.6 Å². The fourth-order valence-corrected chi connectivity index (χ4v) is 5.80. The molecule has 1 unspecified atom stereocenters. The van der Waals surface area contributed by atoms with E-state index in [0.717, 1.165) is 12.8 Å². The van der Waals surface area contributed by atoms with E-state index in [-0.39, 0.29) is 21.4 Å². The SMILES string of the molecule is CC1CCCN(S(=O)(=O)c2cc(C(=O)Nc3ccc4oc(=O)ccc4c3)ccc2Cl)C1. The predicted octanol–water partition coefficient (Wildman–Crippen LogP) is 4.12. The number of fused-ring (bicyclic) bond motifs is 1. The van der Waals surface area contributed by atoms with Gasteiger partial charge in [0, 0.05) is 35.8 Å². The number of benzene rings is 2. The number of sulfonamides is 1. The first kappa shape index (κ1) is 21.5. The van der Waals surface area contributed by atoms with Crippen LogP contribution in [0.15, 0.2) is 62.6 Å². The third kappa shape index (κ3) is 4.51. The summed E-state index contributed by atoms with van der Waals surface area (Å²) < 4.78 is 32.8. The molecule has 0 saturated carbocycles. The summed E-state index contributed by atoms with van der Waals surface area (Å²) >= 11 is 6.21. The van der Waals surface area contributed by atoms with Crippen LogP contribution in [0.5, 0.6) is 0 Å². The number of halogens is 1. The van der Waals surface area contributed by atoms with Crippen molar-refractivity contribution in [2.45, 2.75) is 24.7 Å². The molecule has 4 rings (SSSR count). The lowest BCUT2D eigenvalue weighted by Crippen LogP contribution is -2.39. The van der Waals surface area contributed by atoms with E-state index in [1.54, 1.807) is 24.3 Å². The molecule has 0 radical (unpaired) electrons. The molecule has 3 aromatic rings. The van der Waals surface area contributed by atoms with Crippen LogP contribution >= 0.6 is 11.6 Å². The van der Waals surface area contributed by atoms with Gasteiger partial charge in [0.15, 0.2) is 0 Å². The van der Waals surface area contributed by atoms with E-state index < -0.39 is 21.6 Å². The minimum Gasteiger partial charge on any atom is -0.423 e. The molecular formula is C22H21ClN2O5S. The number of hydrogen-bond donors (Lipinski definition) is 1. The summed E-state index contributed by atoms with van der Waals surface area (Å²) in [7, 11) is -3.81.